The fraction of sp³-hybridized carbons (Fsp3) is 0.222. The van der Waals surface area contributed by atoms with Gasteiger partial charge in [-0.05, 0) is 23.7 Å². The fourth-order valence-electron chi connectivity index (χ4n) is 1.26. The van der Waals surface area contributed by atoms with Gasteiger partial charge in [0, 0.05) is 6.92 Å². The first-order chi connectivity index (χ1) is 6.49. The van der Waals surface area contributed by atoms with Crippen LogP contribution < -0.4 is 9.47 Å². The van der Waals surface area contributed by atoms with E-state index < -0.39 is 11.3 Å². The first-order valence-electron chi connectivity index (χ1n) is 3.89. The van der Waals surface area contributed by atoms with Crippen LogP contribution in [-0.4, -0.2) is 11.3 Å². The van der Waals surface area contributed by atoms with Crippen molar-refractivity contribution in [1.82, 2.24) is 0 Å². The zero-order chi connectivity index (χ0) is 10.3. The molecule has 1 heterocycles. The number of ether oxygens (including phenoxy) is 2. The van der Waals surface area contributed by atoms with Gasteiger partial charge in [-0.2, -0.15) is 4.39 Å². The van der Waals surface area contributed by atoms with Crippen LogP contribution in [0.3, 0.4) is 0 Å². The normalized spacial score (nSPS) is 23.6. The van der Waals surface area contributed by atoms with Gasteiger partial charge in [-0.3, -0.25) is 4.79 Å². The number of carbonyl (C=O) groups is 1. The molecule has 0 bridgehead atoms. The molecule has 0 N–H and O–H groups in total. The molecule has 0 saturated heterocycles. The molecule has 1 aromatic rings. The second kappa shape index (κ2) is 2.85. The van der Waals surface area contributed by atoms with Gasteiger partial charge in [0.05, 0.1) is 5.56 Å². The highest BCUT2D eigenvalue weighted by molar-refractivity contribution is 6.68. The third-order valence-electron chi connectivity index (χ3n) is 1.77. The molecule has 0 fully saturated rings. The third-order valence-corrected chi connectivity index (χ3v) is 1.97. The quantitative estimate of drug-likeness (QED) is 0.677. The molecule has 3 nitrogen and oxygen atoms in total. The van der Waals surface area contributed by atoms with Crippen LogP contribution in [0.1, 0.15) is 17.3 Å². The molecular formula is C9H6ClFO3. The molecule has 1 aromatic carbocycles. The van der Waals surface area contributed by atoms with Crippen molar-refractivity contribution in [2.24, 2.45) is 0 Å². The summed E-state index contributed by atoms with van der Waals surface area (Å²) in [6.45, 7) is 1.11. The van der Waals surface area contributed by atoms with Crippen LogP contribution >= 0.6 is 11.6 Å². The smallest absolute Gasteiger partial charge is 0.404 e. The summed E-state index contributed by atoms with van der Waals surface area (Å²) in [4.78, 5) is 10.9. The van der Waals surface area contributed by atoms with Crippen LogP contribution in [0.15, 0.2) is 18.2 Å². The largest absolute Gasteiger partial charge is 0.423 e. The number of alkyl halides is 1. The van der Waals surface area contributed by atoms with E-state index in [4.69, 9.17) is 21.1 Å². The number of fused-ring (bicyclic) bond motifs is 1. The molecule has 1 unspecified atom stereocenters. The SMILES string of the molecule is CC1(F)Oc2cccc(C(=O)Cl)c2O1. The number of para-hydroxylation sites is 1. The molecule has 0 aliphatic carbocycles. The van der Waals surface area contributed by atoms with Crippen molar-refractivity contribution in [2.75, 3.05) is 0 Å². The van der Waals surface area contributed by atoms with Crippen molar-refractivity contribution in [3.8, 4) is 11.5 Å². The summed E-state index contributed by atoms with van der Waals surface area (Å²) in [6.07, 6.45) is 0. The number of hydrogen-bond donors (Lipinski definition) is 0. The van der Waals surface area contributed by atoms with Crippen molar-refractivity contribution in [2.45, 2.75) is 13.0 Å². The van der Waals surface area contributed by atoms with Gasteiger partial charge in [0.15, 0.2) is 11.5 Å². The summed E-state index contributed by atoms with van der Waals surface area (Å²) in [5.41, 5.74) is 0.102. The van der Waals surface area contributed by atoms with Crippen LogP contribution in [0.5, 0.6) is 11.5 Å². The van der Waals surface area contributed by atoms with Crippen molar-refractivity contribution in [1.29, 1.82) is 0 Å². The Balaban J connectivity index is 2.52. The highest BCUT2D eigenvalue weighted by Gasteiger charge is 2.38. The predicted octanol–water partition coefficient (Wildman–Crippen LogP) is 2.48. The van der Waals surface area contributed by atoms with Crippen molar-refractivity contribution >= 4 is 16.8 Å². The van der Waals surface area contributed by atoms with Gasteiger partial charge >= 0.3 is 6.04 Å². The average molecular weight is 217 g/mol. The molecule has 0 aromatic heterocycles. The van der Waals surface area contributed by atoms with Gasteiger partial charge in [0.2, 0.25) is 0 Å². The zero-order valence-electron chi connectivity index (χ0n) is 7.21. The molecule has 0 amide bonds. The molecule has 0 spiro atoms. The Hall–Kier alpha value is -1.29. The lowest BCUT2D eigenvalue weighted by molar-refractivity contribution is -0.173. The zero-order valence-corrected chi connectivity index (χ0v) is 7.97. The van der Waals surface area contributed by atoms with E-state index in [9.17, 15) is 9.18 Å². The Kier molecular flexibility index (Phi) is 1.89. The number of benzene rings is 1. The second-order valence-electron chi connectivity index (χ2n) is 2.95. The Morgan fingerprint density at radius 2 is 2.21 bits per heavy atom. The maximum absolute atomic E-state index is 13.2. The number of halogens is 2. The maximum atomic E-state index is 13.2. The highest BCUT2D eigenvalue weighted by atomic mass is 35.5. The molecule has 0 saturated carbocycles. The Bertz CT molecular complexity index is 403. The molecule has 1 aliphatic rings. The van der Waals surface area contributed by atoms with Crippen LogP contribution in [0, 0.1) is 0 Å². The molecule has 1 aliphatic heterocycles. The van der Waals surface area contributed by atoms with Gasteiger partial charge in [-0.15, -0.1) is 0 Å². The molecule has 5 heteroatoms. The number of rotatable bonds is 1. The second-order valence-corrected chi connectivity index (χ2v) is 3.29. The standard InChI is InChI=1S/C9H6ClFO3/c1-9(11)13-6-4-2-3-5(8(10)12)7(6)14-9/h2-4H,1H3. The van der Waals surface area contributed by atoms with Crippen LogP contribution in [0.2, 0.25) is 0 Å². The van der Waals surface area contributed by atoms with Crippen LogP contribution in [-0.2, 0) is 0 Å². The van der Waals surface area contributed by atoms with Crippen LogP contribution in [0.25, 0.3) is 0 Å². The molecule has 74 valence electrons. The summed E-state index contributed by atoms with van der Waals surface area (Å²) in [5.74, 6) is 0.235. The topological polar surface area (TPSA) is 35.5 Å². The summed E-state index contributed by atoms with van der Waals surface area (Å²) >= 11 is 5.28. The number of carbonyl (C=O) groups excluding carboxylic acids is 1. The summed E-state index contributed by atoms with van der Waals surface area (Å²) in [6, 6.07) is 2.26. The summed E-state index contributed by atoms with van der Waals surface area (Å²) < 4.78 is 22.8. The molecule has 0 radical (unpaired) electrons. The van der Waals surface area contributed by atoms with Crippen molar-refractivity contribution in [3.63, 3.8) is 0 Å². The van der Waals surface area contributed by atoms with E-state index in [2.05, 4.69) is 0 Å². The lowest BCUT2D eigenvalue weighted by Gasteiger charge is -2.10. The Morgan fingerprint density at radius 3 is 2.86 bits per heavy atom. The predicted molar refractivity (Wildman–Crippen MR) is 47.4 cm³/mol. The molecule has 1 atom stereocenters. The molecular weight excluding hydrogens is 211 g/mol. The van der Waals surface area contributed by atoms with E-state index in [1.165, 1.54) is 12.1 Å². The third kappa shape index (κ3) is 1.42. The van der Waals surface area contributed by atoms with E-state index in [1.807, 2.05) is 0 Å². The van der Waals surface area contributed by atoms with Gasteiger partial charge in [-0.25, -0.2) is 0 Å². The first kappa shape index (κ1) is 9.27. The lowest BCUT2D eigenvalue weighted by Crippen LogP contribution is -2.28. The minimum absolute atomic E-state index is 0.0532. The van der Waals surface area contributed by atoms with Gasteiger partial charge < -0.3 is 9.47 Å². The van der Waals surface area contributed by atoms with Gasteiger partial charge in [0.25, 0.3) is 5.24 Å². The minimum Gasteiger partial charge on any atom is -0.423 e. The Morgan fingerprint density at radius 1 is 1.50 bits per heavy atom. The summed E-state index contributed by atoms with van der Waals surface area (Å²) in [5, 5.41) is -0.705. The fourth-order valence-corrected chi connectivity index (χ4v) is 1.40. The first-order valence-corrected chi connectivity index (χ1v) is 4.27. The summed E-state index contributed by atoms with van der Waals surface area (Å²) in [7, 11) is 0. The van der Waals surface area contributed by atoms with Crippen molar-refractivity contribution in [3.05, 3.63) is 23.8 Å². The van der Waals surface area contributed by atoms with E-state index in [0.29, 0.717) is 0 Å². The van der Waals surface area contributed by atoms with E-state index >= 15 is 0 Å². The van der Waals surface area contributed by atoms with Crippen LogP contribution in [0.4, 0.5) is 4.39 Å². The molecule has 2 rings (SSSR count). The van der Waals surface area contributed by atoms with E-state index in [-0.39, 0.29) is 17.1 Å². The van der Waals surface area contributed by atoms with Crippen molar-refractivity contribution < 1.29 is 18.7 Å². The number of hydrogen-bond acceptors (Lipinski definition) is 3. The minimum atomic E-state index is -2.23. The maximum Gasteiger partial charge on any atom is 0.404 e. The Labute approximate surface area is 84.4 Å². The molecule has 14 heavy (non-hydrogen) atoms. The van der Waals surface area contributed by atoms with E-state index in [0.717, 1.165) is 6.92 Å². The highest BCUT2D eigenvalue weighted by Crippen LogP contribution is 2.42. The van der Waals surface area contributed by atoms with Gasteiger partial charge in [-0.1, -0.05) is 6.07 Å². The monoisotopic (exact) mass is 216 g/mol. The average Bonchev–Trinajstić information content (AvgIpc) is 2.36. The van der Waals surface area contributed by atoms with E-state index in [1.54, 1.807) is 6.07 Å². The van der Waals surface area contributed by atoms with Gasteiger partial charge in [0.1, 0.15) is 0 Å². The lowest BCUT2D eigenvalue weighted by atomic mass is 10.2.